The first-order chi connectivity index (χ1) is 27.1. The van der Waals surface area contributed by atoms with Crippen LogP contribution in [0.1, 0.15) is 148 Å². The number of ether oxygens (including phenoxy) is 4. The number of aryl methyl sites for hydroxylation is 4. The molecule has 56 heavy (non-hydrogen) atoms. The Balaban J connectivity index is 0.000000214. The Morgan fingerprint density at radius 1 is 0.554 bits per heavy atom. The number of rotatable bonds is 14. The number of benzene rings is 4. The second kappa shape index (κ2) is 20.4. The van der Waals surface area contributed by atoms with Crippen LogP contribution in [0.25, 0.3) is 0 Å². The van der Waals surface area contributed by atoms with Crippen LogP contribution in [0.4, 0.5) is 0 Å². The molecule has 6 heteroatoms. The molecule has 0 bridgehead atoms. The highest BCUT2D eigenvalue weighted by Crippen LogP contribution is 2.43. The van der Waals surface area contributed by atoms with Crippen molar-refractivity contribution in [3.8, 4) is 11.5 Å². The van der Waals surface area contributed by atoms with Crippen molar-refractivity contribution in [2.75, 3.05) is 13.2 Å². The maximum atomic E-state index is 9.52. The second-order valence-electron chi connectivity index (χ2n) is 15.9. The molecule has 0 aliphatic carbocycles. The third-order valence-electron chi connectivity index (χ3n) is 12.8. The lowest BCUT2D eigenvalue weighted by Gasteiger charge is -2.34. The van der Waals surface area contributed by atoms with Crippen LogP contribution in [0.15, 0.2) is 72.8 Å². The fourth-order valence-electron chi connectivity index (χ4n) is 8.83. The first kappa shape index (κ1) is 43.8. The molecule has 0 saturated carbocycles. The molecule has 0 radical (unpaired) electrons. The lowest BCUT2D eigenvalue weighted by Crippen LogP contribution is -2.27. The molecule has 0 aromatic heterocycles. The van der Waals surface area contributed by atoms with Gasteiger partial charge in [0.1, 0.15) is 11.5 Å². The summed E-state index contributed by atoms with van der Waals surface area (Å²) in [6.07, 6.45) is 10.5. The van der Waals surface area contributed by atoms with Crippen molar-refractivity contribution in [3.63, 3.8) is 0 Å². The van der Waals surface area contributed by atoms with E-state index in [1.807, 2.05) is 0 Å². The first-order valence-corrected chi connectivity index (χ1v) is 21.8. The summed E-state index contributed by atoms with van der Waals surface area (Å²) in [6.45, 7) is 19.3. The molecule has 2 saturated heterocycles. The molecular weight excluding hydrogens is 716 g/mol. The van der Waals surface area contributed by atoms with Crippen LogP contribution in [0, 0.1) is 27.7 Å². The van der Waals surface area contributed by atoms with E-state index in [2.05, 4.69) is 128 Å². The van der Waals surface area contributed by atoms with Gasteiger partial charge in [-0.3, -0.25) is 0 Å². The molecule has 4 aromatic rings. The van der Waals surface area contributed by atoms with Gasteiger partial charge in [-0.2, -0.15) is 0 Å². The summed E-state index contributed by atoms with van der Waals surface area (Å²) in [5.41, 5.74) is 12.3. The molecule has 2 aliphatic rings. The highest BCUT2D eigenvalue weighted by atomic mass is 35.5. The van der Waals surface area contributed by atoms with Gasteiger partial charge in [-0.25, -0.2) is 0 Å². The van der Waals surface area contributed by atoms with Crippen molar-refractivity contribution in [2.45, 2.75) is 155 Å². The molecule has 0 spiro atoms. The van der Waals surface area contributed by atoms with Crippen LogP contribution < -0.4 is 9.47 Å². The zero-order valence-electron chi connectivity index (χ0n) is 35.4. The fraction of sp³-hybridized carbons (Fsp3) is 0.520. The van der Waals surface area contributed by atoms with Gasteiger partial charge in [0.25, 0.3) is 0 Å². The Labute approximate surface area is 343 Å². The zero-order valence-corrected chi connectivity index (χ0v) is 36.2. The van der Waals surface area contributed by atoms with E-state index in [1.165, 1.54) is 51.8 Å². The monoisotopic (exact) mass is 782 g/mol. The summed E-state index contributed by atoms with van der Waals surface area (Å²) in [6, 6.07) is 26.5. The summed E-state index contributed by atoms with van der Waals surface area (Å²) in [7, 11) is 0. The number of aliphatic hydroxyl groups excluding tert-OH is 1. The van der Waals surface area contributed by atoms with E-state index >= 15 is 0 Å². The van der Waals surface area contributed by atoms with Gasteiger partial charge in [-0.1, -0.05) is 88.4 Å². The van der Waals surface area contributed by atoms with E-state index in [0.29, 0.717) is 5.88 Å². The SMILES string of the molecule is CCC(CC)(c1ccc(CCl)c(C)c1)c1ccc(OC2CCCCO2)c(C)c1.CCC(CC)(c1ccc(CO)c(C)c1)c1ccc(OC2CCCCO2)c(C)c1. The molecule has 2 heterocycles. The summed E-state index contributed by atoms with van der Waals surface area (Å²) in [5.74, 6) is 2.42. The first-order valence-electron chi connectivity index (χ1n) is 21.2. The Hall–Kier alpha value is -3.35. The topological polar surface area (TPSA) is 57.2 Å². The van der Waals surface area contributed by atoms with Crippen LogP contribution in [-0.2, 0) is 32.8 Å². The Morgan fingerprint density at radius 3 is 1.23 bits per heavy atom. The molecule has 2 fully saturated rings. The van der Waals surface area contributed by atoms with Crippen molar-refractivity contribution in [3.05, 3.63) is 128 Å². The highest BCUT2D eigenvalue weighted by molar-refractivity contribution is 6.17. The molecule has 304 valence electrons. The number of aliphatic hydroxyl groups is 1. The van der Waals surface area contributed by atoms with E-state index < -0.39 is 0 Å². The van der Waals surface area contributed by atoms with Gasteiger partial charge in [0.2, 0.25) is 0 Å². The molecule has 1 N–H and O–H groups in total. The molecule has 4 aromatic carbocycles. The van der Waals surface area contributed by atoms with Crippen molar-refractivity contribution in [1.29, 1.82) is 0 Å². The van der Waals surface area contributed by atoms with Crippen LogP contribution in [-0.4, -0.2) is 30.9 Å². The number of halogens is 1. The third-order valence-corrected chi connectivity index (χ3v) is 13.1. The summed E-state index contributed by atoms with van der Waals surface area (Å²) in [4.78, 5) is 0. The molecular formula is C50H67ClO5. The van der Waals surface area contributed by atoms with Crippen molar-refractivity contribution >= 4 is 11.6 Å². The molecule has 6 rings (SSSR count). The van der Waals surface area contributed by atoms with Crippen LogP contribution in [0.3, 0.4) is 0 Å². The zero-order chi connectivity index (χ0) is 40.3. The predicted octanol–water partition coefficient (Wildman–Crippen LogP) is 12.9. The number of hydrogen-bond acceptors (Lipinski definition) is 5. The highest BCUT2D eigenvalue weighted by Gasteiger charge is 2.33. The number of hydrogen-bond donors (Lipinski definition) is 1. The van der Waals surface area contributed by atoms with Crippen LogP contribution >= 0.6 is 11.6 Å². The fourth-order valence-corrected chi connectivity index (χ4v) is 9.13. The average Bonchev–Trinajstić information content (AvgIpc) is 3.22. The Morgan fingerprint density at radius 2 is 0.929 bits per heavy atom. The standard InChI is InChI=1S/C25H33ClO2.C25H34O3/c2*1-5-25(6-2,21-11-10-20(17-26)18(3)15-21)22-12-13-23(19(4)16-22)28-24-9-7-8-14-27-24/h10-13,15-16,24H,5-9,14,17H2,1-4H3;10-13,15-16,24,26H,5-9,14,17H2,1-4H3. The lowest BCUT2D eigenvalue weighted by molar-refractivity contribution is -0.106. The number of alkyl halides is 1. The minimum Gasteiger partial charge on any atom is -0.465 e. The van der Waals surface area contributed by atoms with Gasteiger partial charge in [0.15, 0.2) is 12.6 Å². The van der Waals surface area contributed by atoms with Gasteiger partial charge in [0, 0.05) is 29.6 Å². The Kier molecular flexibility index (Phi) is 15.9. The summed E-state index contributed by atoms with van der Waals surface area (Å²) in [5, 5.41) is 9.52. The Bertz CT molecular complexity index is 1710. The van der Waals surface area contributed by atoms with Gasteiger partial charge in [0.05, 0.1) is 19.8 Å². The van der Waals surface area contributed by atoms with E-state index in [-0.39, 0.29) is 30.0 Å². The van der Waals surface area contributed by atoms with E-state index in [1.54, 1.807) is 0 Å². The second-order valence-corrected chi connectivity index (χ2v) is 16.2. The van der Waals surface area contributed by atoms with E-state index in [0.717, 1.165) is 92.8 Å². The molecule has 0 amide bonds. The molecule has 2 aliphatic heterocycles. The third kappa shape index (κ3) is 9.84. The van der Waals surface area contributed by atoms with Crippen molar-refractivity contribution in [1.82, 2.24) is 0 Å². The van der Waals surface area contributed by atoms with Crippen molar-refractivity contribution < 1.29 is 24.1 Å². The largest absolute Gasteiger partial charge is 0.465 e. The molecule has 2 atom stereocenters. The molecule has 5 nitrogen and oxygen atoms in total. The smallest absolute Gasteiger partial charge is 0.199 e. The quantitative estimate of drug-likeness (QED) is 0.129. The minimum absolute atomic E-state index is 0.000230. The van der Waals surface area contributed by atoms with Gasteiger partial charge < -0.3 is 24.1 Å². The summed E-state index contributed by atoms with van der Waals surface area (Å²) >= 11 is 6.08. The van der Waals surface area contributed by atoms with Gasteiger partial charge in [-0.05, 0) is 147 Å². The van der Waals surface area contributed by atoms with Crippen LogP contribution in [0.2, 0.25) is 0 Å². The van der Waals surface area contributed by atoms with Gasteiger partial charge in [-0.15, -0.1) is 11.6 Å². The molecule has 2 unspecified atom stereocenters. The summed E-state index contributed by atoms with van der Waals surface area (Å²) < 4.78 is 23.8. The maximum absolute atomic E-state index is 9.52. The van der Waals surface area contributed by atoms with E-state index in [9.17, 15) is 5.11 Å². The van der Waals surface area contributed by atoms with Crippen LogP contribution in [0.5, 0.6) is 11.5 Å². The predicted molar refractivity (Wildman–Crippen MR) is 231 cm³/mol. The maximum Gasteiger partial charge on any atom is 0.199 e. The lowest BCUT2D eigenvalue weighted by atomic mass is 9.70. The van der Waals surface area contributed by atoms with Gasteiger partial charge >= 0.3 is 0 Å². The average molecular weight is 784 g/mol. The van der Waals surface area contributed by atoms with E-state index in [4.69, 9.17) is 30.5 Å². The minimum atomic E-state index is -0.117. The normalized spacial score (nSPS) is 17.5. The van der Waals surface area contributed by atoms with Crippen molar-refractivity contribution in [2.24, 2.45) is 0 Å².